The molecule has 3 N–H and O–H groups in total. The first-order chi connectivity index (χ1) is 10.6. The molecule has 2 aromatic rings. The number of nitrogens with one attached hydrogen (secondary N) is 1. The van der Waals surface area contributed by atoms with Crippen LogP contribution in [0.1, 0.15) is 26.9 Å². The quantitative estimate of drug-likeness (QED) is 0.811. The van der Waals surface area contributed by atoms with Crippen LogP contribution >= 0.6 is 11.8 Å². The van der Waals surface area contributed by atoms with Crippen LogP contribution in [0.25, 0.3) is 11.2 Å². The Kier molecular flexibility index (Phi) is 3.81. The topological polar surface area (TPSA) is 81.7 Å². The third-order valence-electron chi connectivity index (χ3n) is 3.58. The molecule has 1 unspecified atom stereocenters. The largest absolute Gasteiger partial charge is 0.382 e. The normalized spacial score (nSPS) is 18.9. The second-order valence-corrected chi connectivity index (χ2v) is 14.3. The van der Waals surface area contributed by atoms with Gasteiger partial charge in [-0.2, -0.15) is 0 Å². The van der Waals surface area contributed by atoms with E-state index in [2.05, 4.69) is 66.3 Å². The lowest BCUT2D eigenvalue weighted by Crippen LogP contribution is -2.42. The summed E-state index contributed by atoms with van der Waals surface area (Å²) < 4.78 is 3.56. The second-order valence-electron chi connectivity index (χ2n) is 7.92. The van der Waals surface area contributed by atoms with Gasteiger partial charge in [-0.15, -0.1) is 0 Å². The average molecular weight is 349 g/mol. The van der Waals surface area contributed by atoms with Crippen LogP contribution in [0, 0.1) is 0 Å². The van der Waals surface area contributed by atoms with Gasteiger partial charge in [0.1, 0.15) is 12.5 Å². The molecule has 23 heavy (non-hydrogen) atoms. The highest BCUT2D eigenvalue weighted by molar-refractivity contribution is 8.05. The minimum absolute atomic E-state index is 0.0206. The molecule has 0 saturated heterocycles. The summed E-state index contributed by atoms with van der Waals surface area (Å²) in [4.78, 5) is 13.2. The van der Waals surface area contributed by atoms with Gasteiger partial charge < -0.3 is 5.73 Å². The van der Waals surface area contributed by atoms with Crippen LogP contribution in [0.4, 0.5) is 5.82 Å². The lowest BCUT2D eigenvalue weighted by Gasteiger charge is -2.33. The molecule has 1 aliphatic rings. The molecule has 0 aliphatic carbocycles. The number of nitrogen functional groups attached to an aromatic ring is 1. The fourth-order valence-electron chi connectivity index (χ4n) is 2.53. The number of anilines is 1. The summed E-state index contributed by atoms with van der Waals surface area (Å²) in [7, 11) is -1.44. The number of fused-ring (bicyclic) bond motifs is 3. The lowest BCUT2D eigenvalue weighted by atomic mass is 10.1. The number of thioether (sulfide) groups is 1. The van der Waals surface area contributed by atoms with Crippen molar-refractivity contribution in [2.45, 2.75) is 57.3 Å². The Labute approximate surface area is 142 Å². The van der Waals surface area contributed by atoms with Crippen LogP contribution in [0.5, 0.6) is 0 Å². The van der Waals surface area contributed by atoms with E-state index in [1.165, 1.54) is 10.9 Å². The predicted octanol–water partition coefficient (Wildman–Crippen LogP) is 3.16. The van der Waals surface area contributed by atoms with E-state index in [-0.39, 0.29) is 11.7 Å². The zero-order valence-corrected chi connectivity index (χ0v) is 16.3. The number of rotatable bonds is 2. The van der Waals surface area contributed by atoms with Gasteiger partial charge in [0.25, 0.3) is 0 Å². The van der Waals surface area contributed by atoms with E-state index in [1.54, 1.807) is 11.8 Å². The summed E-state index contributed by atoms with van der Waals surface area (Å²) in [5.74, 6) is 0.432. The zero-order valence-electron chi connectivity index (χ0n) is 14.5. The van der Waals surface area contributed by atoms with E-state index in [4.69, 9.17) is 10.7 Å². The molecule has 6 nitrogen and oxygen atoms in total. The number of nitrogens with zero attached hydrogens (tertiary/aromatic N) is 4. The molecule has 0 saturated carbocycles. The van der Waals surface area contributed by atoms with Gasteiger partial charge in [-0.25, -0.2) is 15.0 Å². The van der Waals surface area contributed by atoms with Crippen LogP contribution in [-0.2, 0) is 0 Å². The first kappa shape index (κ1) is 16.5. The SMILES string of the molecule is CC(C)(C)NC1C=C([Si](C)(C)C)Sc2nc3c(N)ncnc3n21. The maximum Gasteiger partial charge on any atom is 0.176 e. The number of nitrogens with two attached hydrogens (primary N) is 1. The minimum Gasteiger partial charge on any atom is -0.382 e. The third kappa shape index (κ3) is 3.15. The van der Waals surface area contributed by atoms with E-state index in [9.17, 15) is 0 Å². The highest BCUT2D eigenvalue weighted by Gasteiger charge is 2.32. The molecule has 0 radical (unpaired) electrons. The molecule has 0 fully saturated rings. The van der Waals surface area contributed by atoms with Crippen molar-refractivity contribution in [2.24, 2.45) is 0 Å². The summed E-state index contributed by atoms with van der Waals surface area (Å²) in [6.45, 7) is 13.6. The van der Waals surface area contributed by atoms with Gasteiger partial charge in [0.05, 0.1) is 8.07 Å². The van der Waals surface area contributed by atoms with Crippen LogP contribution < -0.4 is 11.1 Å². The molecule has 2 aromatic heterocycles. The Morgan fingerprint density at radius 3 is 2.57 bits per heavy atom. The summed E-state index contributed by atoms with van der Waals surface area (Å²) in [6.07, 6.45) is 3.85. The molecule has 3 rings (SSSR count). The summed E-state index contributed by atoms with van der Waals surface area (Å²) in [5, 5.41) is 4.61. The first-order valence-electron chi connectivity index (χ1n) is 7.72. The highest BCUT2D eigenvalue weighted by atomic mass is 32.2. The monoisotopic (exact) mass is 348 g/mol. The van der Waals surface area contributed by atoms with Crippen molar-refractivity contribution < 1.29 is 0 Å². The molecular weight excluding hydrogens is 324 g/mol. The van der Waals surface area contributed by atoms with Crippen molar-refractivity contribution in [2.75, 3.05) is 5.73 Å². The van der Waals surface area contributed by atoms with Crippen LogP contribution in [0.15, 0.2) is 22.1 Å². The Balaban J connectivity index is 2.18. The van der Waals surface area contributed by atoms with Crippen molar-refractivity contribution in [1.29, 1.82) is 0 Å². The lowest BCUT2D eigenvalue weighted by molar-refractivity contribution is 0.331. The second kappa shape index (κ2) is 5.32. The molecule has 1 aliphatic heterocycles. The van der Waals surface area contributed by atoms with Crippen LogP contribution in [0.2, 0.25) is 19.6 Å². The highest BCUT2D eigenvalue weighted by Crippen LogP contribution is 2.41. The van der Waals surface area contributed by atoms with Crippen molar-refractivity contribution in [3.63, 3.8) is 0 Å². The number of aromatic nitrogens is 4. The molecule has 1 atom stereocenters. The van der Waals surface area contributed by atoms with E-state index in [1.807, 2.05) is 0 Å². The Morgan fingerprint density at radius 2 is 1.96 bits per heavy atom. The van der Waals surface area contributed by atoms with Crippen LogP contribution in [0.3, 0.4) is 0 Å². The van der Waals surface area contributed by atoms with Gasteiger partial charge in [0.15, 0.2) is 22.1 Å². The maximum absolute atomic E-state index is 6.00. The van der Waals surface area contributed by atoms with Gasteiger partial charge >= 0.3 is 0 Å². The molecule has 0 aromatic carbocycles. The van der Waals surface area contributed by atoms with Crippen molar-refractivity contribution in [1.82, 2.24) is 24.8 Å². The van der Waals surface area contributed by atoms with Gasteiger partial charge in [0.2, 0.25) is 0 Å². The van der Waals surface area contributed by atoms with E-state index in [0.29, 0.717) is 11.3 Å². The van der Waals surface area contributed by atoms with Crippen molar-refractivity contribution in [3.05, 3.63) is 16.9 Å². The zero-order chi connectivity index (χ0) is 17.0. The molecule has 0 spiro atoms. The van der Waals surface area contributed by atoms with Crippen LogP contribution in [-0.4, -0.2) is 33.1 Å². The standard InChI is InChI=1S/C15H24N6SSi/c1-15(2,3)20-9-7-10(23(4,5)6)22-14-19-11-12(16)17-8-18-13(11)21(9)14/h7-9,20H,1-6H3,(H2,16,17,18). The third-order valence-corrected chi connectivity index (χ3v) is 8.20. The average Bonchev–Trinajstić information content (AvgIpc) is 2.76. The smallest absolute Gasteiger partial charge is 0.176 e. The predicted molar refractivity (Wildman–Crippen MR) is 98.9 cm³/mol. The molecule has 3 heterocycles. The van der Waals surface area contributed by atoms with E-state index in [0.717, 1.165) is 10.8 Å². The molecule has 8 heteroatoms. The van der Waals surface area contributed by atoms with E-state index >= 15 is 0 Å². The molecule has 0 bridgehead atoms. The fourth-order valence-corrected chi connectivity index (χ4v) is 5.52. The van der Waals surface area contributed by atoms with Crippen molar-refractivity contribution in [3.8, 4) is 0 Å². The summed E-state index contributed by atoms with van der Waals surface area (Å²) in [5.41, 5.74) is 7.44. The van der Waals surface area contributed by atoms with Gasteiger partial charge in [-0.3, -0.25) is 9.88 Å². The Bertz CT molecular complexity index is 784. The van der Waals surface area contributed by atoms with Gasteiger partial charge in [0, 0.05) is 5.54 Å². The van der Waals surface area contributed by atoms with Gasteiger partial charge in [-0.05, 0) is 31.4 Å². The van der Waals surface area contributed by atoms with E-state index < -0.39 is 8.07 Å². The maximum atomic E-state index is 6.00. The van der Waals surface area contributed by atoms with Gasteiger partial charge in [-0.1, -0.05) is 31.4 Å². The number of hydrogen-bond acceptors (Lipinski definition) is 6. The number of imidazole rings is 1. The first-order valence-corrected chi connectivity index (χ1v) is 12.0. The minimum atomic E-state index is -1.44. The van der Waals surface area contributed by atoms with Crippen molar-refractivity contribution >= 4 is 36.8 Å². The molecule has 0 amide bonds. The summed E-state index contributed by atoms with van der Waals surface area (Å²) in [6, 6.07) is 0. The molecular formula is C15H24N6SSi. The Hall–Kier alpha value is -1.38. The number of hydrogen-bond donors (Lipinski definition) is 2. The summed E-state index contributed by atoms with van der Waals surface area (Å²) >= 11 is 1.74. The Morgan fingerprint density at radius 1 is 1.26 bits per heavy atom. The fraction of sp³-hybridized carbons (Fsp3) is 0.533. The molecule has 124 valence electrons.